The van der Waals surface area contributed by atoms with Crippen LogP contribution < -0.4 is 4.90 Å². The summed E-state index contributed by atoms with van der Waals surface area (Å²) in [5.41, 5.74) is 2.07. The minimum atomic E-state index is -0.318. The maximum Gasteiger partial charge on any atom is 0.227 e. The van der Waals surface area contributed by atoms with Gasteiger partial charge in [-0.05, 0) is 24.1 Å². The lowest BCUT2D eigenvalue weighted by atomic mass is 10.1. The molecule has 5 heteroatoms. The molecule has 0 aromatic heterocycles. The van der Waals surface area contributed by atoms with Gasteiger partial charge in [0, 0.05) is 32.2 Å². The van der Waals surface area contributed by atoms with E-state index in [2.05, 4.69) is 6.92 Å². The Hall–Kier alpha value is -2.35. The van der Waals surface area contributed by atoms with E-state index >= 15 is 0 Å². The Kier molecular flexibility index (Phi) is 5.16. The smallest absolute Gasteiger partial charge is 0.227 e. The molecule has 2 rings (SSSR count). The predicted octanol–water partition coefficient (Wildman–Crippen LogP) is 1.97. The van der Waals surface area contributed by atoms with Crippen LogP contribution in [0.3, 0.4) is 0 Å². The quantitative estimate of drug-likeness (QED) is 0.835. The summed E-state index contributed by atoms with van der Waals surface area (Å²) in [7, 11) is 1.68. The molecule has 1 aromatic carbocycles. The van der Waals surface area contributed by atoms with Gasteiger partial charge in [0.15, 0.2) is 0 Å². The van der Waals surface area contributed by atoms with Crippen molar-refractivity contribution >= 4 is 17.5 Å². The van der Waals surface area contributed by atoms with E-state index in [1.54, 1.807) is 16.8 Å². The van der Waals surface area contributed by atoms with Gasteiger partial charge in [-0.2, -0.15) is 5.26 Å². The number of anilines is 1. The highest BCUT2D eigenvalue weighted by atomic mass is 16.2. The third-order valence-electron chi connectivity index (χ3n) is 4.07. The molecule has 0 spiro atoms. The van der Waals surface area contributed by atoms with E-state index in [1.807, 2.05) is 30.3 Å². The molecule has 1 fully saturated rings. The highest BCUT2D eigenvalue weighted by Crippen LogP contribution is 2.26. The summed E-state index contributed by atoms with van der Waals surface area (Å²) < 4.78 is 0. The van der Waals surface area contributed by atoms with E-state index in [0.29, 0.717) is 19.5 Å². The Morgan fingerprint density at radius 3 is 2.68 bits per heavy atom. The maximum absolute atomic E-state index is 12.3. The number of carbonyl (C=O) groups is 2. The van der Waals surface area contributed by atoms with Crippen molar-refractivity contribution in [2.45, 2.75) is 26.2 Å². The van der Waals surface area contributed by atoms with Gasteiger partial charge in [0.2, 0.25) is 11.8 Å². The lowest BCUT2D eigenvalue weighted by molar-refractivity contribution is -0.134. The molecule has 0 bridgehead atoms. The van der Waals surface area contributed by atoms with Gasteiger partial charge < -0.3 is 9.80 Å². The SMILES string of the molecule is CCc1ccc(N2CC(C(=O)N(C)CCC#N)CC2=O)cc1. The molecule has 0 radical (unpaired) electrons. The van der Waals surface area contributed by atoms with Crippen LogP contribution in [0, 0.1) is 17.2 Å². The Morgan fingerprint density at radius 2 is 2.09 bits per heavy atom. The number of nitriles is 1. The zero-order valence-electron chi connectivity index (χ0n) is 13.1. The first-order valence-corrected chi connectivity index (χ1v) is 7.58. The van der Waals surface area contributed by atoms with Crippen LogP contribution in [0.5, 0.6) is 0 Å². The standard InChI is InChI=1S/C17H21N3O2/c1-3-13-5-7-15(8-6-13)20-12-14(11-16(20)21)17(22)19(2)10-4-9-18/h5-8,14H,3-4,10-12H2,1-2H3. The van der Waals surface area contributed by atoms with Gasteiger partial charge in [-0.1, -0.05) is 19.1 Å². The van der Waals surface area contributed by atoms with Gasteiger partial charge in [0.1, 0.15) is 0 Å². The van der Waals surface area contributed by atoms with Crippen LogP contribution in [-0.2, 0) is 16.0 Å². The fraction of sp³-hybridized carbons (Fsp3) is 0.471. The number of nitrogens with zero attached hydrogens (tertiary/aromatic N) is 3. The topological polar surface area (TPSA) is 64.4 Å². The molecule has 1 unspecified atom stereocenters. The van der Waals surface area contributed by atoms with Crippen molar-refractivity contribution in [2.75, 3.05) is 25.0 Å². The number of hydrogen-bond acceptors (Lipinski definition) is 3. The van der Waals surface area contributed by atoms with E-state index < -0.39 is 0 Å². The molecule has 1 aliphatic rings. The monoisotopic (exact) mass is 299 g/mol. The molecule has 0 aliphatic carbocycles. The van der Waals surface area contributed by atoms with Gasteiger partial charge in [-0.3, -0.25) is 9.59 Å². The van der Waals surface area contributed by atoms with Crippen molar-refractivity contribution < 1.29 is 9.59 Å². The number of hydrogen-bond donors (Lipinski definition) is 0. The first-order chi connectivity index (χ1) is 10.6. The third-order valence-corrected chi connectivity index (χ3v) is 4.07. The summed E-state index contributed by atoms with van der Waals surface area (Å²) in [6.07, 6.45) is 1.51. The molecule has 1 aromatic rings. The molecular formula is C17H21N3O2. The van der Waals surface area contributed by atoms with Crippen molar-refractivity contribution in [1.82, 2.24) is 4.90 Å². The molecule has 22 heavy (non-hydrogen) atoms. The van der Waals surface area contributed by atoms with E-state index in [-0.39, 0.29) is 24.2 Å². The lowest BCUT2D eigenvalue weighted by Crippen LogP contribution is -2.35. The van der Waals surface area contributed by atoms with Crippen molar-refractivity contribution in [3.63, 3.8) is 0 Å². The average Bonchev–Trinajstić information content (AvgIpc) is 2.93. The van der Waals surface area contributed by atoms with Crippen LogP contribution in [0.1, 0.15) is 25.3 Å². The third kappa shape index (κ3) is 3.45. The minimum Gasteiger partial charge on any atom is -0.344 e. The molecule has 1 atom stereocenters. The summed E-state index contributed by atoms with van der Waals surface area (Å²) in [4.78, 5) is 27.7. The van der Waals surface area contributed by atoms with Crippen molar-refractivity contribution in [3.8, 4) is 6.07 Å². The molecule has 116 valence electrons. The molecule has 0 saturated carbocycles. The van der Waals surface area contributed by atoms with E-state index in [0.717, 1.165) is 12.1 Å². The first kappa shape index (κ1) is 16.0. The molecular weight excluding hydrogens is 278 g/mol. The molecule has 0 N–H and O–H groups in total. The largest absolute Gasteiger partial charge is 0.344 e. The Bertz CT molecular complexity index is 589. The molecule has 2 amide bonds. The second-order valence-corrected chi connectivity index (χ2v) is 5.59. The van der Waals surface area contributed by atoms with Crippen molar-refractivity contribution in [2.24, 2.45) is 5.92 Å². The van der Waals surface area contributed by atoms with Crippen LogP contribution in [0.25, 0.3) is 0 Å². The Balaban J connectivity index is 2.03. The van der Waals surface area contributed by atoms with E-state index in [1.165, 1.54) is 5.56 Å². The molecule has 1 saturated heterocycles. The maximum atomic E-state index is 12.3. The normalized spacial score (nSPS) is 17.4. The van der Waals surface area contributed by atoms with Gasteiger partial charge in [0.25, 0.3) is 0 Å². The molecule has 1 aliphatic heterocycles. The highest BCUT2D eigenvalue weighted by Gasteiger charge is 2.36. The summed E-state index contributed by atoms with van der Waals surface area (Å²) in [5.74, 6) is -0.394. The summed E-state index contributed by atoms with van der Waals surface area (Å²) in [6, 6.07) is 9.92. The number of benzene rings is 1. The second-order valence-electron chi connectivity index (χ2n) is 5.59. The number of amides is 2. The fourth-order valence-corrected chi connectivity index (χ4v) is 2.67. The minimum absolute atomic E-state index is 0.0173. The predicted molar refractivity (Wildman–Crippen MR) is 84.1 cm³/mol. The average molecular weight is 299 g/mol. The Labute approximate surface area is 131 Å². The van der Waals surface area contributed by atoms with Crippen LogP contribution in [0.4, 0.5) is 5.69 Å². The molecule has 1 heterocycles. The van der Waals surface area contributed by atoms with E-state index in [4.69, 9.17) is 5.26 Å². The molecule has 5 nitrogen and oxygen atoms in total. The van der Waals surface area contributed by atoms with E-state index in [9.17, 15) is 9.59 Å². The fourth-order valence-electron chi connectivity index (χ4n) is 2.67. The summed E-state index contributed by atoms with van der Waals surface area (Å²) in [6.45, 7) is 2.91. The zero-order valence-corrected chi connectivity index (χ0v) is 13.1. The van der Waals surface area contributed by atoms with Crippen LogP contribution in [-0.4, -0.2) is 36.9 Å². The number of carbonyl (C=O) groups excluding carboxylic acids is 2. The zero-order chi connectivity index (χ0) is 16.1. The van der Waals surface area contributed by atoms with Gasteiger partial charge in [-0.25, -0.2) is 0 Å². The van der Waals surface area contributed by atoms with Gasteiger partial charge in [0.05, 0.1) is 18.4 Å². The van der Waals surface area contributed by atoms with Crippen molar-refractivity contribution in [1.29, 1.82) is 5.26 Å². The van der Waals surface area contributed by atoms with Crippen LogP contribution in [0.15, 0.2) is 24.3 Å². The first-order valence-electron chi connectivity index (χ1n) is 7.58. The summed E-state index contributed by atoms with van der Waals surface area (Å²) in [5, 5.41) is 8.59. The number of aryl methyl sites for hydroxylation is 1. The Morgan fingerprint density at radius 1 is 1.41 bits per heavy atom. The highest BCUT2D eigenvalue weighted by molar-refractivity contribution is 6.00. The second kappa shape index (κ2) is 7.08. The van der Waals surface area contributed by atoms with Crippen molar-refractivity contribution in [3.05, 3.63) is 29.8 Å². The van der Waals surface area contributed by atoms with Crippen LogP contribution >= 0.6 is 0 Å². The van der Waals surface area contributed by atoms with Gasteiger partial charge in [-0.15, -0.1) is 0 Å². The lowest BCUT2D eigenvalue weighted by Gasteiger charge is -2.20. The van der Waals surface area contributed by atoms with Crippen LogP contribution in [0.2, 0.25) is 0 Å². The van der Waals surface area contributed by atoms with Gasteiger partial charge >= 0.3 is 0 Å². The summed E-state index contributed by atoms with van der Waals surface area (Å²) >= 11 is 0. The number of rotatable bonds is 5.